The molecule has 0 atom stereocenters. The van der Waals surface area contributed by atoms with E-state index in [9.17, 15) is 0 Å². The van der Waals surface area contributed by atoms with Gasteiger partial charge < -0.3 is 13.9 Å². The molecule has 3 heterocycles. The fourth-order valence-electron chi connectivity index (χ4n) is 8.18. The number of rotatable bonds is 5. The Balaban J connectivity index is 0.999. The first kappa shape index (κ1) is 29.5. The maximum Gasteiger partial charge on any atom is 0.153 e. The summed E-state index contributed by atoms with van der Waals surface area (Å²) < 4.78 is 8.68. The van der Waals surface area contributed by atoms with Crippen molar-refractivity contribution in [2.75, 3.05) is 4.90 Å². The van der Waals surface area contributed by atoms with Crippen LogP contribution in [0, 0.1) is 0 Å². The monoisotopic (exact) mass is 677 g/mol. The maximum atomic E-state index is 6.29. The van der Waals surface area contributed by atoms with Gasteiger partial charge in [0, 0.05) is 50.9 Å². The topological polar surface area (TPSA) is 34.2 Å². The van der Waals surface area contributed by atoms with Gasteiger partial charge in [-0.2, -0.15) is 0 Å². The smallest absolute Gasteiger partial charge is 0.153 e. The minimum Gasteiger partial charge on any atom is -0.454 e. The molecule has 0 saturated carbocycles. The Kier molecular flexibility index (Phi) is 6.52. The molecule has 0 aliphatic carbocycles. The first-order valence-electron chi connectivity index (χ1n) is 18.0. The number of para-hydroxylation sites is 1. The Labute approximate surface area is 305 Å². The molecule has 0 spiro atoms. The van der Waals surface area contributed by atoms with Crippen molar-refractivity contribution >= 4 is 82.5 Å². The molecule has 0 bridgehead atoms. The van der Waals surface area contributed by atoms with E-state index in [0.29, 0.717) is 0 Å². The van der Waals surface area contributed by atoms with Gasteiger partial charge in [0.2, 0.25) is 0 Å². The summed E-state index contributed by atoms with van der Waals surface area (Å²) in [5.74, 6) is 0. The van der Waals surface area contributed by atoms with Gasteiger partial charge in [-0.25, -0.2) is 0 Å². The highest BCUT2D eigenvalue weighted by molar-refractivity contribution is 6.21. The first-order chi connectivity index (χ1) is 26.3. The van der Waals surface area contributed by atoms with E-state index in [1.165, 1.54) is 48.9 Å². The Morgan fingerprint density at radius 2 is 1.13 bits per heavy atom. The van der Waals surface area contributed by atoms with Crippen molar-refractivity contribution in [1.29, 1.82) is 0 Å². The number of hydrogen-bond acceptors (Lipinski definition) is 3. The average Bonchev–Trinajstić information content (AvgIpc) is 3.77. The van der Waals surface area contributed by atoms with E-state index < -0.39 is 0 Å². The predicted octanol–water partition coefficient (Wildman–Crippen LogP) is 13.5. The zero-order valence-corrected chi connectivity index (χ0v) is 28.6. The van der Waals surface area contributed by atoms with Gasteiger partial charge in [-0.3, -0.25) is 4.98 Å². The molecule has 0 N–H and O–H groups in total. The molecule has 0 aliphatic heterocycles. The fraction of sp³-hybridized carbons (Fsp3) is 0. The number of fused-ring (bicyclic) bond motifs is 9. The molecule has 0 unspecified atom stereocenters. The molecule has 0 fully saturated rings. The zero-order chi connectivity index (χ0) is 34.9. The molecule has 0 saturated heterocycles. The molecule has 0 aliphatic rings. The van der Waals surface area contributed by atoms with Gasteiger partial charge in [-0.05, 0) is 94.0 Å². The summed E-state index contributed by atoms with van der Waals surface area (Å²) in [6.45, 7) is 0. The van der Waals surface area contributed by atoms with Gasteiger partial charge in [0.15, 0.2) is 5.58 Å². The Bertz CT molecular complexity index is 3170. The standard InChI is InChI=1S/C49H31N3O/c1-3-12-39-34(9-1)11-7-16-43(39)51(38-27-28-42-47(31-38)53-46-17-8-30-50-49(42)46)36-23-18-32(19-24-36)33-20-25-37(26-21-33)52-44-15-6-5-14-41(44)48-40-13-4-2-10-35(40)22-29-45(48)52/h1-31H. The van der Waals surface area contributed by atoms with Crippen molar-refractivity contribution in [2.45, 2.75) is 0 Å². The molecular formula is C49H31N3O. The second-order valence-corrected chi connectivity index (χ2v) is 13.6. The molecule has 4 heteroatoms. The fourth-order valence-corrected chi connectivity index (χ4v) is 8.18. The number of pyridine rings is 1. The summed E-state index contributed by atoms with van der Waals surface area (Å²) in [4.78, 5) is 6.91. The van der Waals surface area contributed by atoms with Crippen LogP contribution in [0.3, 0.4) is 0 Å². The summed E-state index contributed by atoms with van der Waals surface area (Å²) in [6.07, 6.45) is 1.81. The van der Waals surface area contributed by atoms with Crippen LogP contribution in [0.25, 0.3) is 82.2 Å². The number of furan rings is 1. The average molecular weight is 678 g/mol. The van der Waals surface area contributed by atoms with Gasteiger partial charge >= 0.3 is 0 Å². The van der Waals surface area contributed by atoms with Gasteiger partial charge in [0.05, 0.1) is 16.7 Å². The largest absolute Gasteiger partial charge is 0.454 e. The second kappa shape index (κ2) is 11.7. The Hall–Kier alpha value is -7.17. The van der Waals surface area contributed by atoms with Crippen molar-refractivity contribution in [3.05, 3.63) is 188 Å². The van der Waals surface area contributed by atoms with Gasteiger partial charge in [0.25, 0.3) is 0 Å². The lowest BCUT2D eigenvalue weighted by molar-refractivity contribution is 0.668. The quantitative estimate of drug-likeness (QED) is 0.182. The molecule has 11 rings (SSSR count). The van der Waals surface area contributed by atoms with Crippen LogP contribution in [0.4, 0.5) is 17.1 Å². The van der Waals surface area contributed by atoms with Crippen molar-refractivity contribution in [1.82, 2.24) is 9.55 Å². The van der Waals surface area contributed by atoms with Crippen molar-refractivity contribution < 1.29 is 4.42 Å². The number of aromatic nitrogens is 2. The lowest BCUT2D eigenvalue weighted by atomic mass is 10.0. The van der Waals surface area contributed by atoms with E-state index in [0.717, 1.165) is 50.4 Å². The number of hydrogen-bond donors (Lipinski definition) is 0. The van der Waals surface area contributed by atoms with Crippen LogP contribution in [0.15, 0.2) is 193 Å². The number of anilines is 3. The molecule has 248 valence electrons. The molecule has 3 aromatic heterocycles. The number of benzene rings is 8. The minimum absolute atomic E-state index is 0.790. The van der Waals surface area contributed by atoms with Crippen LogP contribution in [0.2, 0.25) is 0 Å². The molecule has 0 amide bonds. The lowest BCUT2D eigenvalue weighted by Gasteiger charge is -2.27. The summed E-state index contributed by atoms with van der Waals surface area (Å²) >= 11 is 0. The molecule has 0 radical (unpaired) electrons. The lowest BCUT2D eigenvalue weighted by Crippen LogP contribution is -2.10. The minimum atomic E-state index is 0.790. The van der Waals surface area contributed by atoms with E-state index in [4.69, 9.17) is 4.42 Å². The molecule has 53 heavy (non-hydrogen) atoms. The molecule has 4 nitrogen and oxygen atoms in total. The van der Waals surface area contributed by atoms with Crippen LogP contribution >= 0.6 is 0 Å². The van der Waals surface area contributed by atoms with Crippen LogP contribution in [0.5, 0.6) is 0 Å². The van der Waals surface area contributed by atoms with Crippen molar-refractivity contribution in [3.8, 4) is 16.8 Å². The summed E-state index contributed by atoms with van der Waals surface area (Å²) in [6, 6.07) is 65.0. The molecule has 8 aromatic carbocycles. The van der Waals surface area contributed by atoms with E-state index in [-0.39, 0.29) is 0 Å². The summed E-state index contributed by atoms with van der Waals surface area (Å²) in [5.41, 5.74) is 11.6. The van der Waals surface area contributed by atoms with E-state index >= 15 is 0 Å². The Morgan fingerprint density at radius 1 is 0.453 bits per heavy atom. The molecular weight excluding hydrogens is 647 g/mol. The highest BCUT2D eigenvalue weighted by Crippen LogP contribution is 2.42. The third-order valence-corrected chi connectivity index (χ3v) is 10.6. The second-order valence-electron chi connectivity index (χ2n) is 13.6. The highest BCUT2D eigenvalue weighted by Gasteiger charge is 2.19. The van der Waals surface area contributed by atoms with Crippen molar-refractivity contribution in [2.24, 2.45) is 0 Å². The highest BCUT2D eigenvalue weighted by atomic mass is 16.3. The van der Waals surface area contributed by atoms with Crippen LogP contribution in [0.1, 0.15) is 0 Å². The van der Waals surface area contributed by atoms with E-state index in [1.54, 1.807) is 0 Å². The normalized spacial score (nSPS) is 11.8. The number of nitrogens with zero attached hydrogens (tertiary/aromatic N) is 3. The van der Waals surface area contributed by atoms with Gasteiger partial charge in [-0.15, -0.1) is 0 Å². The van der Waals surface area contributed by atoms with Crippen LogP contribution in [-0.4, -0.2) is 9.55 Å². The van der Waals surface area contributed by atoms with Crippen molar-refractivity contribution in [3.63, 3.8) is 0 Å². The van der Waals surface area contributed by atoms with Gasteiger partial charge in [0.1, 0.15) is 11.1 Å². The summed E-state index contributed by atoms with van der Waals surface area (Å²) in [5, 5.41) is 8.49. The zero-order valence-electron chi connectivity index (χ0n) is 28.6. The SMILES string of the molecule is c1ccc2c(N(c3ccc(-c4ccc(-n5c6ccccc6c6c7ccccc7ccc65)cc4)cc3)c3ccc4c(c3)oc3cccnc34)cccc2c1. The van der Waals surface area contributed by atoms with Gasteiger partial charge in [-0.1, -0.05) is 109 Å². The van der Waals surface area contributed by atoms with E-state index in [2.05, 4.69) is 184 Å². The third-order valence-electron chi connectivity index (χ3n) is 10.6. The predicted molar refractivity (Wildman–Crippen MR) is 221 cm³/mol. The maximum absolute atomic E-state index is 6.29. The third kappa shape index (κ3) is 4.66. The molecule has 11 aromatic rings. The Morgan fingerprint density at radius 3 is 1.96 bits per heavy atom. The van der Waals surface area contributed by atoms with Crippen LogP contribution < -0.4 is 4.90 Å². The first-order valence-corrected chi connectivity index (χ1v) is 18.0. The van der Waals surface area contributed by atoms with Crippen LogP contribution in [-0.2, 0) is 0 Å². The summed E-state index contributed by atoms with van der Waals surface area (Å²) in [7, 11) is 0. The van der Waals surface area contributed by atoms with E-state index in [1.807, 2.05) is 18.3 Å².